The number of ether oxygens (including phenoxy) is 1. The Hall–Kier alpha value is -2.47. The Morgan fingerprint density at radius 2 is 1.62 bits per heavy atom. The van der Waals surface area contributed by atoms with Crippen molar-refractivity contribution >= 4 is 31.6 Å². The van der Waals surface area contributed by atoms with Crippen LogP contribution in [0.15, 0.2) is 58.3 Å². The number of hydrogen-bond acceptors (Lipinski definition) is 6. The van der Waals surface area contributed by atoms with Crippen molar-refractivity contribution < 1.29 is 26.4 Å². The molecule has 0 saturated heterocycles. The summed E-state index contributed by atoms with van der Waals surface area (Å²) in [6.07, 6.45) is 0. The topological polar surface area (TPSA) is 122 Å². The third-order valence-electron chi connectivity index (χ3n) is 4.61. The van der Waals surface area contributed by atoms with E-state index >= 15 is 0 Å². The van der Waals surface area contributed by atoms with E-state index in [9.17, 15) is 21.6 Å². The van der Waals surface area contributed by atoms with E-state index in [0.29, 0.717) is 0 Å². The van der Waals surface area contributed by atoms with Crippen LogP contribution in [0, 0.1) is 0 Å². The Balaban J connectivity index is 2.28. The van der Waals surface area contributed by atoms with Gasteiger partial charge in [0.25, 0.3) is 0 Å². The second kappa shape index (κ2) is 10.9. The van der Waals surface area contributed by atoms with Gasteiger partial charge in [0.2, 0.25) is 26.0 Å². The second-order valence-corrected chi connectivity index (χ2v) is 10.4. The molecule has 0 saturated carbocycles. The quantitative estimate of drug-likeness (QED) is 0.506. The summed E-state index contributed by atoms with van der Waals surface area (Å²) >= 11 is 0. The average Bonchev–Trinajstić information content (AvgIpc) is 2.75. The monoisotopic (exact) mass is 483 g/mol. The Kier molecular flexibility index (Phi) is 8.79. The summed E-state index contributed by atoms with van der Waals surface area (Å²) in [7, 11) is -7.75. The van der Waals surface area contributed by atoms with Gasteiger partial charge in [-0.15, -0.1) is 0 Å². The van der Waals surface area contributed by atoms with Crippen molar-refractivity contribution in [2.75, 3.05) is 25.0 Å². The molecule has 2 N–H and O–H groups in total. The third-order valence-corrected chi connectivity index (χ3v) is 8.24. The van der Waals surface area contributed by atoms with Gasteiger partial charge in [-0.1, -0.05) is 32.0 Å². The lowest BCUT2D eigenvalue weighted by Gasteiger charge is -2.21. The van der Waals surface area contributed by atoms with Gasteiger partial charge in [0.15, 0.2) is 0 Å². The van der Waals surface area contributed by atoms with Crippen LogP contribution >= 0.6 is 0 Å². The standard InChI is InChI=1S/C21H29N3O6S2/c1-5-24(6-2)32(28,29)20-15-17(13-14-19(20)30-7-3)22-21(25)16(4)23-31(26,27)18-11-9-8-10-12-18/h8-16,23H,5-7H2,1-4H3,(H,22,25)/t16-/m0/s1. The zero-order valence-electron chi connectivity index (χ0n) is 18.5. The van der Waals surface area contributed by atoms with Crippen LogP contribution in [-0.2, 0) is 24.8 Å². The van der Waals surface area contributed by atoms with Crippen molar-refractivity contribution in [1.29, 1.82) is 0 Å². The summed E-state index contributed by atoms with van der Waals surface area (Å²) in [4.78, 5) is 12.6. The van der Waals surface area contributed by atoms with E-state index in [1.807, 2.05) is 0 Å². The van der Waals surface area contributed by atoms with Crippen molar-refractivity contribution in [2.24, 2.45) is 0 Å². The number of hydrogen-bond donors (Lipinski definition) is 2. The van der Waals surface area contributed by atoms with Gasteiger partial charge in [-0.05, 0) is 44.2 Å². The van der Waals surface area contributed by atoms with Crippen LogP contribution in [0.3, 0.4) is 0 Å². The molecule has 32 heavy (non-hydrogen) atoms. The first kappa shape index (κ1) is 25.8. The third kappa shape index (κ3) is 6.06. The van der Waals surface area contributed by atoms with E-state index in [4.69, 9.17) is 4.74 Å². The molecule has 0 fully saturated rings. The molecular formula is C21H29N3O6S2. The van der Waals surface area contributed by atoms with Crippen molar-refractivity contribution in [1.82, 2.24) is 9.03 Å². The maximum Gasteiger partial charge on any atom is 0.246 e. The van der Waals surface area contributed by atoms with Crippen LogP contribution in [-0.4, -0.2) is 52.8 Å². The molecule has 0 unspecified atom stereocenters. The van der Waals surface area contributed by atoms with Gasteiger partial charge >= 0.3 is 0 Å². The number of rotatable bonds is 11. The number of amides is 1. The van der Waals surface area contributed by atoms with Crippen molar-refractivity contribution in [3.63, 3.8) is 0 Å². The maximum atomic E-state index is 13.0. The minimum Gasteiger partial charge on any atom is -0.492 e. The molecule has 2 rings (SSSR count). The maximum absolute atomic E-state index is 13.0. The van der Waals surface area contributed by atoms with Crippen molar-refractivity contribution in [3.8, 4) is 5.75 Å². The van der Waals surface area contributed by atoms with Crippen LogP contribution < -0.4 is 14.8 Å². The zero-order valence-corrected chi connectivity index (χ0v) is 20.2. The SMILES string of the molecule is CCOc1ccc(NC(=O)[C@H](C)NS(=O)(=O)c2ccccc2)cc1S(=O)(=O)N(CC)CC. The molecule has 1 amide bonds. The lowest BCUT2D eigenvalue weighted by molar-refractivity contribution is -0.117. The van der Waals surface area contributed by atoms with Gasteiger partial charge in [0, 0.05) is 18.8 Å². The molecule has 11 heteroatoms. The van der Waals surface area contributed by atoms with Crippen LogP contribution in [0.25, 0.3) is 0 Å². The molecule has 176 valence electrons. The molecule has 1 atom stereocenters. The first-order chi connectivity index (χ1) is 15.1. The highest BCUT2D eigenvalue weighted by atomic mass is 32.2. The molecule has 0 aromatic heterocycles. The molecular weight excluding hydrogens is 454 g/mol. The van der Waals surface area contributed by atoms with Gasteiger partial charge in [0.1, 0.15) is 10.6 Å². The average molecular weight is 484 g/mol. The molecule has 0 heterocycles. The van der Waals surface area contributed by atoms with Gasteiger partial charge in [-0.3, -0.25) is 4.79 Å². The van der Waals surface area contributed by atoms with Crippen LogP contribution in [0.1, 0.15) is 27.7 Å². The summed E-state index contributed by atoms with van der Waals surface area (Å²) in [6, 6.07) is 10.9. The fourth-order valence-corrected chi connectivity index (χ4v) is 5.81. The summed E-state index contributed by atoms with van der Waals surface area (Å²) in [5.41, 5.74) is 0.204. The van der Waals surface area contributed by atoms with Crippen LogP contribution in [0.4, 0.5) is 5.69 Å². The summed E-state index contributed by atoms with van der Waals surface area (Å²) in [5, 5.41) is 2.57. The molecule has 0 aliphatic rings. The van der Waals surface area contributed by atoms with Gasteiger partial charge in [-0.25, -0.2) is 16.8 Å². The van der Waals surface area contributed by atoms with Crippen LogP contribution in [0.5, 0.6) is 5.75 Å². The fraction of sp³-hybridized carbons (Fsp3) is 0.381. The number of anilines is 1. The van der Waals surface area contributed by atoms with Gasteiger partial charge in [-0.2, -0.15) is 9.03 Å². The Morgan fingerprint density at radius 3 is 2.19 bits per heavy atom. The Labute approximate surface area is 189 Å². The van der Waals surface area contributed by atoms with E-state index in [2.05, 4.69) is 10.0 Å². The number of nitrogens with zero attached hydrogens (tertiary/aromatic N) is 1. The number of carbonyl (C=O) groups excluding carboxylic acids is 1. The molecule has 9 nitrogen and oxygen atoms in total. The Bertz CT molecular complexity index is 1130. The number of sulfonamides is 2. The largest absolute Gasteiger partial charge is 0.492 e. The molecule has 0 aliphatic heterocycles. The van der Waals surface area contributed by atoms with E-state index in [0.717, 1.165) is 0 Å². The highest BCUT2D eigenvalue weighted by Gasteiger charge is 2.27. The molecule has 0 spiro atoms. The number of carbonyl (C=O) groups is 1. The summed E-state index contributed by atoms with van der Waals surface area (Å²) < 4.78 is 60.1. The summed E-state index contributed by atoms with van der Waals surface area (Å²) in [5.74, 6) is -0.463. The smallest absolute Gasteiger partial charge is 0.246 e. The minimum atomic E-state index is -3.89. The predicted molar refractivity (Wildman–Crippen MR) is 123 cm³/mol. The molecule has 2 aromatic carbocycles. The highest BCUT2D eigenvalue weighted by Crippen LogP contribution is 2.30. The summed E-state index contributed by atoms with van der Waals surface area (Å²) in [6.45, 7) is 7.42. The first-order valence-corrected chi connectivity index (χ1v) is 13.1. The number of benzene rings is 2. The van der Waals surface area contributed by atoms with Gasteiger partial charge < -0.3 is 10.1 Å². The highest BCUT2D eigenvalue weighted by molar-refractivity contribution is 7.89. The lowest BCUT2D eigenvalue weighted by Crippen LogP contribution is -2.41. The molecule has 0 radical (unpaired) electrons. The molecule has 0 aliphatic carbocycles. The van der Waals surface area contributed by atoms with Crippen molar-refractivity contribution in [2.45, 2.75) is 43.5 Å². The van der Waals surface area contributed by atoms with E-state index in [1.54, 1.807) is 39.0 Å². The molecule has 0 bridgehead atoms. The molecule has 2 aromatic rings. The van der Waals surface area contributed by atoms with E-state index in [1.165, 1.54) is 41.6 Å². The zero-order chi connectivity index (χ0) is 23.9. The van der Waals surface area contributed by atoms with Gasteiger partial charge in [0.05, 0.1) is 17.5 Å². The van der Waals surface area contributed by atoms with E-state index < -0.39 is 32.0 Å². The first-order valence-electron chi connectivity index (χ1n) is 10.2. The van der Waals surface area contributed by atoms with E-state index in [-0.39, 0.29) is 40.9 Å². The predicted octanol–water partition coefficient (Wildman–Crippen LogP) is 2.42. The number of nitrogens with one attached hydrogen (secondary N) is 2. The Morgan fingerprint density at radius 1 is 1.00 bits per heavy atom. The lowest BCUT2D eigenvalue weighted by atomic mass is 10.2. The normalized spacial score (nSPS) is 13.0. The minimum absolute atomic E-state index is 0.0355. The fourth-order valence-electron chi connectivity index (χ4n) is 2.97. The van der Waals surface area contributed by atoms with Crippen LogP contribution in [0.2, 0.25) is 0 Å². The second-order valence-electron chi connectivity index (χ2n) is 6.83. The van der Waals surface area contributed by atoms with Crippen molar-refractivity contribution in [3.05, 3.63) is 48.5 Å².